The molecule has 0 spiro atoms. The number of para-hydroxylation sites is 1. The standard InChI is InChI=1S/C17H17NO3/c1-19-14-5-3-2-4-12(14)17-13-9-16-15(20-10-21-16)8-11(13)6-7-18-17/h2-5,8-9,17-18H,6-7,10H2,1H3. The second-order valence-electron chi connectivity index (χ2n) is 5.28. The average Bonchev–Trinajstić information content (AvgIpc) is 2.99. The Bertz CT molecular complexity index is 684. The Morgan fingerprint density at radius 1 is 1.10 bits per heavy atom. The third kappa shape index (κ3) is 2.03. The Labute approximate surface area is 123 Å². The summed E-state index contributed by atoms with van der Waals surface area (Å²) in [7, 11) is 1.71. The molecule has 0 fully saturated rings. The van der Waals surface area contributed by atoms with Gasteiger partial charge in [-0.15, -0.1) is 0 Å². The summed E-state index contributed by atoms with van der Waals surface area (Å²) in [4.78, 5) is 0. The lowest BCUT2D eigenvalue weighted by atomic mass is 9.89. The van der Waals surface area contributed by atoms with Crippen molar-refractivity contribution in [3.8, 4) is 17.2 Å². The Hall–Kier alpha value is -2.20. The molecule has 0 amide bonds. The first kappa shape index (κ1) is 12.5. The molecule has 21 heavy (non-hydrogen) atoms. The highest BCUT2D eigenvalue weighted by Crippen LogP contribution is 2.41. The van der Waals surface area contributed by atoms with Crippen LogP contribution in [0, 0.1) is 0 Å². The van der Waals surface area contributed by atoms with Crippen molar-refractivity contribution in [3.05, 3.63) is 53.1 Å². The Morgan fingerprint density at radius 3 is 2.76 bits per heavy atom. The van der Waals surface area contributed by atoms with Gasteiger partial charge in [0.2, 0.25) is 6.79 Å². The highest BCUT2D eigenvalue weighted by Gasteiger charge is 2.27. The summed E-state index contributed by atoms with van der Waals surface area (Å²) < 4.78 is 16.5. The van der Waals surface area contributed by atoms with Crippen LogP contribution in [-0.4, -0.2) is 20.4 Å². The van der Waals surface area contributed by atoms with E-state index in [0.717, 1.165) is 35.8 Å². The number of nitrogens with one attached hydrogen (secondary N) is 1. The van der Waals surface area contributed by atoms with Crippen molar-refractivity contribution in [2.24, 2.45) is 0 Å². The molecule has 2 aromatic carbocycles. The van der Waals surface area contributed by atoms with Gasteiger partial charge in [-0.2, -0.15) is 0 Å². The molecule has 2 aliphatic rings. The van der Waals surface area contributed by atoms with E-state index < -0.39 is 0 Å². The van der Waals surface area contributed by atoms with Gasteiger partial charge in [0, 0.05) is 12.1 Å². The molecule has 4 nitrogen and oxygen atoms in total. The quantitative estimate of drug-likeness (QED) is 0.920. The molecule has 2 aliphatic heterocycles. The summed E-state index contributed by atoms with van der Waals surface area (Å²) in [6.45, 7) is 1.25. The van der Waals surface area contributed by atoms with Gasteiger partial charge in [-0.1, -0.05) is 18.2 Å². The van der Waals surface area contributed by atoms with Gasteiger partial charge in [0.15, 0.2) is 11.5 Å². The van der Waals surface area contributed by atoms with Crippen molar-refractivity contribution in [2.45, 2.75) is 12.5 Å². The summed E-state index contributed by atoms with van der Waals surface area (Å²) in [6.07, 6.45) is 0.998. The van der Waals surface area contributed by atoms with E-state index in [4.69, 9.17) is 14.2 Å². The monoisotopic (exact) mass is 283 g/mol. The zero-order valence-electron chi connectivity index (χ0n) is 11.9. The largest absolute Gasteiger partial charge is 0.496 e. The van der Waals surface area contributed by atoms with Gasteiger partial charge in [0.05, 0.1) is 13.2 Å². The number of benzene rings is 2. The van der Waals surface area contributed by atoms with Crippen LogP contribution in [0.25, 0.3) is 0 Å². The SMILES string of the molecule is COc1ccccc1C1NCCc2cc3c(cc21)OCO3. The lowest BCUT2D eigenvalue weighted by Crippen LogP contribution is -2.30. The first-order valence-corrected chi connectivity index (χ1v) is 7.15. The summed E-state index contributed by atoms with van der Waals surface area (Å²) >= 11 is 0. The van der Waals surface area contributed by atoms with Gasteiger partial charge in [-0.3, -0.25) is 0 Å². The fourth-order valence-corrected chi connectivity index (χ4v) is 3.13. The van der Waals surface area contributed by atoms with Crippen LogP contribution in [0.15, 0.2) is 36.4 Å². The molecule has 4 heteroatoms. The van der Waals surface area contributed by atoms with Crippen molar-refractivity contribution >= 4 is 0 Å². The van der Waals surface area contributed by atoms with Crippen molar-refractivity contribution in [1.29, 1.82) is 0 Å². The highest BCUT2D eigenvalue weighted by atomic mass is 16.7. The maximum absolute atomic E-state index is 5.52. The van der Waals surface area contributed by atoms with Crippen LogP contribution in [0.2, 0.25) is 0 Å². The van der Waals surface area contributed by atoms with E-state index in [0.29, 0.717) is 6.79 Å². The molecule has 0 radical (unpaired) electrons. The molecule has 0 aromatic heterocycles. The highest BCUT2D eigenvalue weighted by molar-refractivity contribution is 5.54. The first-order chi connectivity index (χ1) is 10.4. The molecule has 4 rings (SSSR count). The molecule has 1 unspecified atom stereocenters. The third-order valence-electron chi connectivity index (χ3n) is 4.14. The van der Waals surface area contributed by atoms with E-state index in [2.05, 4.69) is 23.5 Å². The molecule has 2 aromatic rings. The summed E-state index contributed by atoms with van der Waals surface area (Å²) in [6, 6.07) is 12.5. The van der Waals surface area contributed by atoms with Gasteiger partial charge in [-0.05, 0) is 35.7 Å². The number of rotatable bonds is 2. The van der Waals surface area contributed by atoms with Crippen LogP contribution >= 0.6 is 0 Å². The summed E-state index contributed by atoms with van der Waals surface area (Å²) in [5.41, 5.74) is 3.71. The van der Waals surface area contributed by atoms with Crippen molar-refractivity contribution < 1.29 is 14.2 Å². The zero-order chi connectivity index (χ0) is 14.2. The number of fused-ring (bicyclic) bond motifs is 2. The molecule has 1 atom stereocenters. The second-order valence-corrected chi connectivity index (χ2v) is 5.28. The predicted octanol–water partition coefficient (Wildman–Crippen LogP) is 2.66. The Kier molecular flexibility index (Phi) is 2.97. The van der Waals surface area contributed by atoms with Crippen LogP contribution in [0.5, 0.6) is 17.2 Å². The van der Waals surface area contributed by atoms with Gasteiger partial charge < -0.3 is 19.5 Å². The average molecular weight is 283 g/mol. The number of hydrogen-bond donors (Lipinski definition) is 1. The summed E-state index contributed by atoms with van der Waals surface area (Å²) in [5.74, 6) is 2.59. The van der Waals surface area contributed by atoms with Crippen LogP contribution in [0.4, 0.5) is 0 Å². The van der Waals surface area contributed by atoms with Gasteiger partial charge in [0.25, 0.3) is 0 Å². The fourth-order valence-electron chi connectivity index (χ4n) is 3.13. The molecule has 0 saturated carbocycles. The second kappa shape index (κ2) is 4.97. The number of hydrogen-bond acceptors (Lipinski definition) is 4. The minimum Gasteiger partial charge on any atom is -0.496 e. The first-order valence-electron chi connectivity index (χ1n) is 7.15. The third-order valence-corrected chi connectivity index (χ3v) is 4.14. The molecular weight excluding hydrogens is 266 g/mol. The lowest BCUT2D eigenvalue weighted by Gasteiger charge is -2.28. The van der Waals surface area contributed by atoms with Gasteiger partial charge in [-0.25, -0.2) is 0 Å². The van der Waals surface area contributed by atoms with E-state index in [1.165, 1.54) is 11.1 Å². The fraction of sp³-hybridized carbons (Fsp3) is 0.294. The maximum Gasteiger partial charge on any atom is 0.231 e. The predicted molar refractivity (Wildman–Crippen MR) is 79.1 cm³/mol. The lowest BCUT2D eigenvalue weighted by molar-refractivity contribution is 0.174. The van der Waals surface area contributed by atoms with E-state index in [-0.39, 0.29) is 6.04 Å². The van der Waals surface area contributed by atoms with Crippen LogP contribution in [0.3, 0.4) is 0 Å². The smallest absolute Gasteiger partial charge is 0.231 e. The summed E-state index contributed by atoms with van der Waals surface area (Å²) in [5, 5.41) is 3.58. The molecule has 108 valence electrons. The minimum absolute atomic E-state index is 0.124. The van der Waals surface area contributed by atoms with Crippen molar-refractivity contribution in [1.82, 2.24) is 5.32 Å². The number of ether oxygens (including phenoxy) is 3. The molecule has 2 heterocycles. The van der Waals surface area contributed by atoms with E-state index in [9.17, 15) is 0 Å². The van der Waals surface area contributed by atoms with Crippen LogP contribution < -0.4 is 19.5 Å². The van der Waals surface area contributed by atoms with Crippen LogP contribution in [0.1, 0.15) is 22.7 Å². The van der Waals surface area contributed by atoms with Gasteiger partial charge >= 0.3 is 0 Å². The normalized spacial score (nSPS) is 19.2. The van der Waals surface area contributed by atoms with Crippen molar-refractivity contribution in [3.63, 3.8) is 0 Å². The van der Waals surface area contributed by atoms with Gasteiger partial charge in [0.1, 0.15) is 5.75 Å². The molecule has 0 bridgehead atoms. The van der Waals surface area contributed by atoms with E-state index >= 15 is 0 Å². The Balaban J connectivity index is 1.83. The minimum atomic E-state index is 0.124. The molecule has 0 aliphatic carbocycles. The molecule has 0 saturated heterocycles. The molecular formula is C17H17NO3. The van der Waals surface area contributed by atoms with E-state index in [1.54, 1.807) is 7.11 Å². The Morgan fingerprint density at radius 2 is 1.90 bits per heavy atom. The number of methoxy groups -OCH3 is 1. The zero-order valence-corrected chi connectivity index (χ0v) is 11.9. The van der Waals surface area contributed by atoms with Crippen LogP contribution in [-0.2, 0) is 6.42 Å². The molecule has 1 N–H and O–H groups in total. The van der Waals surface area contributed by atoms with Crippen molar-refractivity contribution in [2.75, 3.05) is 20.4 Å². The maximum atomic E-state index is 5.52. The van der Waals surface area contributed by atoms with E-state index in [1.807, 2.05) is 18.2 Å². The topological polar surface area (TPSA) is 39.7 Å².